The zero-order valence-corrected chi connectivity index (χ0v) is 12.8. The number of aromatic nitrogens is 2. The molecule has 0 aliphatic carbocycles. The Morgan fingerprint density at radius 1 is 1.33 bits per heavy atom. The first-order chi connectivity index (χ1) is 9.85. The lowest BCUT2D eigenvalue weighted by molar-refractivity contribution is 0.0689. The van der Waals surface area contributed by atoms with Crippen LogP contribution in [0.25, 0.3) is 11.3 Å². The second kappa shape index (κ2) is 5.69. The molecule has 5 nitrogen and oxygen atoms in total. The van der Waals surface area contributed by atoms with Gasteiger partial charge in [0.25, 0.3) is 0 Å². The number of aryl methyl sites for hydroxylation is 1. The fourth-order valence-electron chi connectivity index (χ4n) is 2.38. The highest BCUT2D eigenvalue weighted by Gasteiger charge is 2.20. The highest BCUT2D eigenvalue weighted by Crippen LogP contribution is 2.27. The Hall–Kier alpha value is -2.14. The van der Waals surface area contributed by atoms with Gasteiger partial charge in [0.05, 0.1) is 12.3 Å². The van der Waals surface area contributed by atoms with Crippen molar-refractivity contribution in [2.45, 2.75) is 19.3 Å². The van der Waals surface area contributed by atoms with Gasteiger partial charge in [-0.2, -0.15) is 5.10 Å². The number of nitrogens with zero attached hydrogens (tertiary/aromatic N) is 2. The SMILES string of the molecule is COCC(C)(C)c1ccc(-c2cc(C(=O)O)nn2C)cc1. The summed E-state index contributed by atoms with van der Waals surface area (Å²) in [7, 11) is 3.43. The van der Waals surface area contributed by atoms with Gasteiger partial charge in [0.2, 0.25) is 0 Å². The predicted octanol–water partition coefficient (Wildman–Crippen LogP) is 2.71. The van der Waals surface area contributed by atoms with Crippen LogP contribution >= 0.6 is 0 Å². The van der Waals surface area contributed by atoms with Crippen molar-refractivity contribution in [2.24, 2.45) is 7.05 Å². The van der Waals surface area contributed by atoms with Gasteiger partial charge in [-0.05, 0) is 17.2 Å². The second-order valence-electron chi connectivity index (χ2n) is 5.74. The molecule has 1 aromatic heterocycles. The van der Waals surface area contributed by atoms with E-state index >= 15 is 0 Å². The van der Waals surface area contributed by atoms with Gasteiger partial charge in [0, 0.05) is 19.6 Å². The lowest BCUT2D eigenvalue weighted by Gasteiger charge is -2.24. The summed E-state index contributed by atoms with van der Waals surface area (Å²) < 4.78 is 6.83. The molecule has 0 aliphatic heterocycles. The maximum atomic E-state index is 11.0. The number of carboxylic acids is 1. The maximum Gasteiger partial charge on any atom is 0.356 e. The van der Waals surface area contributed by atoms with Gasteiger partial charge < -0.3 is 9.84 Å². The maximum absolute atomic E-state index is 11.0. The van der Waals surface area contributed by atoms with E-state index < -0.39 is 5.97 Å². The first-order valence-electron chi connectivity index (χ1n) is 6.72. The third-order valence-corrected chi connectivity index (χ3v) is 3.57. The van der Waals surface area contributed by atoms with Crippen molar-refractivity contribution < 1.29 is 14.6 Å². The monoisotopic (exact) mass is 288 g/mol. The molecule has 21 heavy (non-hydrogen) atoms. The van der Waals surface area contributed by atoms with E-state index in [1.54, 1.807) is 24.9 Å². The fraction of sp³-hybridized carbons (Fsp3) is 0.375. The third kappa shape index (κ3) is 3.13. The van der Waals surface area contributed by atoms with Crippen molar-refractivity contribution in [2.75, 3.05) is 13.7 Å². The van der Waals surface area contributed by atoms with Gasteiger partial charge in [0.15, 0.2) is 5.69 Å². The minimum atomic E-state index is -1.02. The van der Waals surface area contributed by atoms with Crippen molar-refractivity contribution in [3.05, 3.63) is 41.6 Å². The Bertz CT molecular complexity index is 642. The molecule has 0 unspecified atom stereocenters. The molecule has 0 atom stereocenters. The lowest BCUT2D eigenvalue weighted by Crippen LogP contribution is -2.23. The van der Waals surface area contributed by atoms with Gasteiger partial charge in [-0.1, -0.05) is 38.1 Å². The smallest absolute Gasteiger partial charge is 0.356 e. The molecule has 0 spiro atoms. The number of ether oxygens (including phenoxy) is 1. The number of rotatable bonds is 5. The summed E-state index contributed by atoms with van der Waals surface area (Å²) in [6, 6.07) is 9.63. The Morgan fingerprint density at radius 2 is 1.95 bits per heavy atom. The highest BCUT2D eigenvalue weighted by atomic mass is 16.5. The fourth-order valence-corrected chi connectivity index (χ4v) is 2.38. The van der Waals surface area contributed by atoms with Crippen molar-refractivity contribution in [3.8, 4) is 11.3 Å². The number of hydrogen-bond donors (Lipinski definition) is 1. The molecule has 0 amide bonds. The van der Waals surface area contributed by atoms with Crippen molar-refractivity contribution in [3.63, 3.8) is 0 Å². The molecule has 5 heteroatoms. The molecule has 0 saturated carbocycles. The molecule has 1 aromatic carbocycles. The molecule has 0 radical (unpaired) electrons. The molecule has 1 N–H and O–H groups in total. The lowest BCUT2D eigenvalue weighted by atomic mass is 9.85. The number of hydrogen-bond acceptors (Lipinski definition) is 3. The van der Waals surface area contributed by atoms with E-state index in [0.29, 0.717) is 6.61 Å². The summed E-state index contributed by atoms with van der Waals surface area (Å²) in [5.74, 6) is -1.02. The summed E-state index contributed by atoms with van der Waals surface area (Å²) in [5, 5.41) is 13.0. The topological polar surface area (TPSA) is 64.3 Å². The molecule has 112 valence electrons. The normalized spacial score (nSPS) is 11.6. The summed E-state index contributed by atoms with van der Waals surface area (Å²) in [4.78, 5) is 11.0. The molecule has 2 rings (SSSR count). The minimum absolute atomic E-state index is 0.0521. The van der Waals surface area contributed by atoms with Crippen LogP contribution in [0.2, 0.25) is 0 Å². The second-order valence-corrected chi connectivity index (χ2v) is 5.74. The first-order valence-corrected chi connectivity index (χ1v) is 6.72. The summed E-state index contributed by atoms with van der Waals surface area (Å²) in [6.07, 6.45) is 0. The minimum Gasteiger partial charge on any atom is -0.476 e. The van der Waals surface area contributed by atoms with E-state index in [2.05, 4.69) is 18.9 Å². The zero-order chi connectivity index (χ0) is 15.6. The molecule has 0 saturated heterocycles. The van der Waals surface area contributed by atoms with Gasteiger partial charge in [-0.25, -0.2) is 4.79 Å². The van der Waals surface area contributed by atoms with Crippen LogP contribution in [0.1, 0.15) is 29.9 Å². The van der Waals surface area contributed by atoms with Crippen LogP contribution in [0.15, 0.2) is 30.3 Å². The molecule has 0 aliphatic rings. The Balaban J connectivity index is 2.33. The van der Waals surface area contributed by atoms with E-state index in [1.165, 1.54) is 5.56 Å². The Labute approximate surface area is 124 Å². The van der Waals surface area contributed by atoms with Crippen LogP contribution in [0.3, 0.4) is 0 Å². The highest BCUT2D eigenvalue weighted by molar-refractivity contribution is 5.87. The quantitative estimate of drug-likeness (QED) is 0.918. The van der Waals surface area contributed by atoms with Crippen LogP contribution in [-0.4, -0.2) is 34.6 Å². The zero-order valence-electron chi connectivity index (χ0n) is 12.8. The van der Waals surface area contributed by atoms with E-state index in [1.807, 2.05) is 24.3 Å². The average molecular weight is 288 g/mol. The Kier molecular flexibility index (Phi) is 4.14. The molecule has 2 aromatic rings. The summed E-state index contributed by atoms with van der Waals surface area (Å²) in [5.41, 5.74) is 2.88. The number of carbonyl (C=O) groups is 1. The van der Waals surface area contributed by atoms with Gasteiger partial charge in [0.1, 0.15) is 0 Å². The molecule has 0 fully saturated rings. The first kappa shape index (κ1) is 15.3. The number of aromatic carboxylic acids is 1. The standard InChI is InChI=1S/C16H20N2O3/c1-16(2,10-21-4)12-7-5-11(6-8-12)14-9-13(15(19)20)17-18(14)3/h5-9H,10H2,1-4H3,(H,19,20). The van der Waals surface area contributed by atoms with Crippen LogP contribution in [0.5, 0.6) is 0 Å². The van der Waals surface area contributed by atoms with Gasteiger partial charge in [-0.15, -0.1) is 0 Å². The van der Waals surface area contributed by atoms with E-state index in [4.69, 9.17) is 9.84 Å². The van der Waals surface area contributed by atoms with Crippen molar-refractivity contribution >= 4 is 5.97 Å². The van der Waals surface area contributed by atoms with Crippen LogP contribution < -0.4 is 0 Å². The predicted molar refractivity (Wildman–Crippen MR) is 80.5 cm³/mol. The van der Waals surface area contributed by atoms with Crippen LogP contribution in [-0.2, 0) is 17.2 Å². The van der Waals surface area contributed by atoms with Crippen molar-refractivity contribution in [1.82, 2.24) is 9.78 Å². The Morgan fingerprint density at radius 3 is 2.43 bits per heavy atom. The molecular weight excluding hydrogens is 268 g/mol. The third-order valence-electron chi connectivity index (χ3n) is 3.57. The van der Waals surface area contributed by atoms with E-state index in [0.717, 1.165) is 11.3 Å². The van der Waals surface area contributed by atoms with Gasteiger partial charge in [-0.3, -0.25) is 4.68 Å². The number of methoxy groups -OCH3 is 1. The summed E-state index contributed by atoms with van der Waals surface area (Å²) >= 11 is 0. The average Bonchev–Trinajstić information content (AvgIpc) is 2.81. The molecule has 1 heterocycles. The van der Waals surface area contributed by atoms with Crippen LogP contribution in [0.4, 0.5) is 0 Å². The molecule has 0 bridgehead atoms. The van der Waals surface area contributed by atoms with E-state index in [-0.39, 0.29) is 11.1 Å². The number of benzene rings is 1. The number of carboxylic acid groups (broad SMARTS) is 1. The molecular formula is C16H20N2O3. The van der Waals surface area contributed by atoms with Crippen molar-refractivity contribution in [1.29, 1.82) is 0 Å². The van der Waals surface area contributed by atoms with E-state index in [9.17, 15) is 4.79 Å². The largest absolute Gasteiger partial charge is 0.476 e. The van der Waals surface area contributed by atoms with Gasteiger partial charge >= 0.3 is 5.97 Å². The van der Waals surface area contributed by atoms with Crippen LogP contribution in [0, 0.1) is 0 Å². The summed E-state index contributed by atoms with van der Waals surface area (Å²) in [6.45, 7) is 4.89.